The summed E-state index contributed by atoms with van der Waals surface area (Å²) >= 11 is 0. The van der Waals surface area contributed by atoms with E-state index in [4.69, 9.17) is 0 Å². The molecule has 1 aromatic heterocycles. The van der Waals surface area contributed by atoms with E-state index < -0.39 is 4.92 Å². The second-order valence-corrected chi connectivity index (χ2v) is 5.26. The molecule has 0 amide bonds. The third-order valence-corrected chi connectivity index (χ3v) is 3.54. The molecule has 6 heteroatoms. The maximum Gasteiger partial charge on any atom is 0.269 e. The summed E-state index contributed by atoms with van der Waals surface area (Å²) in [6, 6.07) is 14.6. The van der Waals surface area contributed by atoms with Crippen molar-refractivity contribution in [3.63, 3.8) is 0 Å². The van der Waals surface area contributed by atoms with E-state index in [2.05, 4.69) is 16.5 Å². The highest BCUT2D eigenvalue weighted by molar-refractivity contribution is 5.62. The van der Waals surface area contributed by atoms with Crippen molar-refractivity contribution in [2.75, 3.05) is 5.32 Å². The van der Waals surface area contributed by atoms with E-state index in [0.29, 0.717) is 6.54 Å². The lowest BCUT2D eigenvalue weighted by atomic mass is 10.1. The Labute approximate surface area is 133 Å². The fourth-order valence-corrected chi connectivity index (χ4v) is 2.34. The number of benzene rings is 2. The molecule has 0 fully saturated rings. The van der Waals surface area contributed by atoms with Crippen LogP contribution in [0.15, 0.2) is 60.9 Å². The molecule has 3 aromatic rings. The first kappa shape index (κ1) is 14.8. The van der Waals surface area contributed by atoms with Gasteiger partial charge in [0.05, 0.1) is 11.1 Å². The van der Waals surface area contributed by atoms with Crippen LogP contribution in [-0.4, -0.2) is 14.7 Å². The number of nitro groups is 1. The summed E-state index contributed by atoms with van der Waals surface area (Å²) in [7, 11) is 1.89. The van der Waals surface area contributed by atoms with Crippen LogP contribution in [0.4, 0.5) is 11.4 Å². The topological polar surface area (TPSA) is 73.0 Å². The maximum absolute atomic E-state index is 10.6. The van der Waals surface area contributed by atoms with E-state index in [9.17, 15) is 10.1 Å². The van der Waals surface area contributed by atoms with Crippen molar-refractivity contribution in [3.05, 3.63) is 76.6 Å². The minimum Gasteiger partial charge on any atom is -0.381 e. The summed E-state index contributed by atoms with van der Waals surface area (Å²) in [6.45, 7) is 0.645. The predicted molar refractivity (Wildman–Crippen MR) is 89.1 cm³/mol. The van der Waals surface area contributed by atoms with Gasteiger partial charge in [0, 0.05) is 43.2 Å². The van der Waals surface area contributed by atoms with Crippen molar-refractivity contribution >= 4 is 11.4 Å². The first-order valence-electron chi connectivity index (χ1n) is 7.18. The number of nitrogens with one attached hydrogen (secondary N) is 1. The van der Waals surface area contributed by atoms with Crippen molar-refractivity contribution in [3.8, 4) is 11.1 Å². The highest BCUT2D eigenvalue weighted by atomic mass is 16.6. The quantitative estimate of drug-likeness (QED) is 0.577. The molecule has 6 nitrogen and oxygen atoms in total. The van der Waals surface area contributed by atoms with E-state index in [1.807, 2.05) is 37.6 Å². The molecule has 0 aliphatic rings. The lowest BCUT2D eigenvalue weighted by molar-refractivity contribution is -0.384. The molecule has 0 unspecified atom stereocenters. The van der Waals surface area contributed by atoms with Crippen molar-refractivity contribution in [1.82, 2.24) is 9.78 Å². The number of non-ortho nitro benzene ring substituents is 1. The van der Waals surface area contributed by atoms with Crippen molar-refractivity contribution in [2.45, 2.75) is 6.54 Å². The molecule has 0 aliphatic carbocycles. The molecule has 2 aromatic carbocycles. The van der Waals surface area contributed by atoms with Crippen LogP contribution in [-0.2, 0) is 13.6 Å². The maximum atomic E-state index is 10.6. The molecular formula is C17H16N4O2. The zero-order valence-electron chi connectivity index (χ0n) is 12.6. The minimum atomic E-state index is -0.402. The monoisotopic (exact) mass is 308 g/mol. The molecule has 0 saturated carbocycles. The van der Waals surface area contributed by atoms with Crippen LogP contribution in [0.2, 0.25) is 0 Å². The Morgan fingerprint density at radius 2 is 1.96 bits per heavy atom. The Bertz CT molecular complexity index is 825. The number of aryl methyl sites for hydroxylation is 1. The van der Waals surface area contributed by atoms with Gasteiger partial charge in [-0.15, -0.1) is 0 Å². The molecule has 0 spiro atoms. The summed E-state index contributed by atoms with van der Waals surface area (Å²) in [4.78, 5) is 10.2. The largest absolute Gasteiger partial charge is 0.381 e. The summed E-state index contributed by atoms with van der Waals surface area (Å²) in [5, 5.41) is 18.1. The normalized spacial score (nSPS) is 10.5. The Morgan fingerprint density at radius 1 is 1.17 bits per heavy atom. The molecule has 3 rings (SSSR count). The smallest absolute Gasteiger partial charge is 0.269 e. The zero-order chi connectivity index (χ0) is 16.2. The van der Waals surface area contributed by atoms with Gasteiger partial charge in [0.25, 0.3) is 5.69 Å². The van der Waals surface area contributed by atoms with Crippen LogP contribution >= 0.6 is 0 Å². The molecule has 0 saturated heterocycles. The first-order valence-corrected chi connectivity index (χ1v) is 7.18. The van der Waals surface area contributed by atoms with Gasteiger partial charge in [0.1, 0.15) is 0 Å². The molecule has 23 heavy (non-hydrogen) atoms. The minimum absolute atomic E-state index is 0.0918. The zero-order valence-corrected chi connectivity index (χ0v) is 12.6. The SMILES string of the molecule is Cn1cc(-c2cccc(CNc3ccc([N+](=O)[O-])cc3)c2)cn1. The van der Waals surface area contributed by atoms with Gasteiger partial charge in [0.2, 0.25) is 0 Å². The van der Waals surface area contributed by atoms with Gasteiger partial charge in [-0.05, 0) is 29.3 Å². The van der Waals surface area contributed by atoms with E-state index in [1.54, 1.807) is 16.8 Å². The molecule has 0 radical (unpaired) electrons. The van der Waals surface area contributed by atoms with Gasteiger partial charge < -0.3 is 5.32 Å². The van der Waals surface area contributed by atoms with Crippen LogP contribution in [0.5, 0.6) is 0 Å². The fraction of sp³-hybridized carbons (Fsp3) is 0.118. The van der Waals surface area contributed by atoms with Crippen molar-refractivity contribution in [1.29, 1.82) is 0 Å². The van der Waals surface area contributed by atoms with Gasteiger partial charge in [-0.2, -0.15) is 5.10 Å². The van der Waals surface area contributed by atoms with Crippen LogP contribution < -0.4 is 5.32 Å². The van der Waals surface area contributed by atoms with E-state index in [0.717, 1.165) is 22.4 Å². The predicted octanol–water partition coefficient (Wildman–Crippen LogP) is 3.61. The third kappa shape index (κ3) is 3.55. The van der Waals surface area contributed by atoms with E-state index in [-0.39, 0.29) is 5.69 Å². The van der Waals surface area contributed by atoms with Crippen LogP contribution in [0.1, 0.15) is 5.56 Å². The third-order valence-electron chi connectivity index (χ3n) is 3.54. The van der Waals surface area contributed by atoms with Crippen molar-refractivity contribution in [2.24, 2.45) is 7.05 Å². The summed E-state index contributed by atoms with van der Waals surface area (Å²) in [5.74, 6) is 0. The van der Waals surface area contributed by atoms with Gasteiger partial charge in [-0.3, -0.25) is 14.8 Å². The summed E-state index contributed by atoms with van der Waals surface area (Å²) in [6.07, 6.45) is 3.81. The average Bonchev–Trinajstić information content (AvgIpc) is 3.00. The van der Waals surface area contributed by atoms with E-state index in [1.165, 1.54) is 12.1 Å². The van der Waals surface area contributed by atoms with Crippen molar-refractivity contribution < 1.29 is 4.92 Å². The standard InChI is InChI=1S/C17H16N4O2/c1-20-12-15(11-19-20)14-4-2-3-13(9-14)10-18-16-5-7-17(8-6-16)21(22)23/h2-9,11-12,18H,10H2,1H3. The molecule has 116 valence electrons. The first-order chi connectivity index (χ1) is 11.1. The molecule has 1 heterocycles. The van der Waals surface area contributed by atoms with Gasteiger partial charge in [-0.1, -0.05) is 18.2 Å². The molecule has 0 atom stereocenters. The summed E-state index contributed by atoms with van der Waals surface area (Å²) < 4.78 is 1.77. The van der Waals surface area contributed by atoms with E-state index >= 15 is 0 Å². The highest BCUT2D eigenvalue weighted by Gasteiger charge is 2.04. The lowest BCUT2D eigenvalue weighted by Crippen LogP contribution is -1.99. The number of nitro benzene ring substituents is 1. The Kier molecular flexibility index (Phi) is 4.05. The summed E-state index contributed by atoms with van der Waals surface area (Å²) in [5.41, 5.74) is 4.26. The molecular weight excluding hydrogens is 292 g/mol. The van der Waals surface area contributed by atoms with Crippen LogP contribution in [0, 0.1) is 10.1 Å². The van der Waals surface area contributed by atoms with Gasteiger partial charge >= 0.3 is 0 Å². The Hall–Kier alpha value is -3.15. The van der Waals surface area contributed by atoms with Crippen LogP contribution in [0.3, 0.4) is 0 Å². The second kappa shape index (κ2) is 6.31. The number of anilines is 1. The number of aromatic nitrogens is 2. The van der Waals surface area contributed by atoms with Gasteiger partial charge in [0.15, 0.2) is 0 Å². The Balaban J connectivity index is 1.69. The lowest BCUT2D eigenvalue weighted by Gasteiger charge is -2.07. The highest BCUT2D eigenvalue weighted by Crippen LogP contribution is 2.21. The van der Waals surface area contributed by atoms with Gasteiger partial charge in [-0.25, -0.2) is 0 Å². The second-order valence-electron chi connectivity index (χ2n) is 5.26. The Morgan fingerprint density at radius 3 is 2.61 bits per heavy atom. The molecule has 0 aliphatic heterocycles. The van der Waals surface area contributed by atoms with Crippen LogP contribution in [0.25, 0.3) is 11.1 Å². The number of hydrogen-bond acceptors (Lipinski definition) is 4. The molecule has 1 N–H and O–H groups in total. The fourth-order valence-electron chi connectivity index (χ4n) is 2.34. The number of nitrogens with zero attached hydrogens (tertiary/aromatic N) is 3. The number of hydrogen-bond donors (Lipinski definition) is 1. The molecule has 0 bridgehead atoms. The number of rotatable bonds is 5. The average molecular weight is 308 g/mol.